The van der Waals surface area contributed by atoms with E-state index in [1.807, 2.05) is 13.1 Å². The van der Waals surface area contributed by atoms with Gasteiger partial charge in [-0.2, -0.15) is 4.98 Å². The average molecular weight is 221 g/mol. The predicted molar refractivity (Wildman–Crippen MR) is 65.7 cm³/mol. The van der Waals surface area contributed by atoms with Gasteiger partial charge in [-0.05, 0) is 26.0 Å². The lowest BCUT2D eigenvalue weighted by Gasteiger charge is -2.15. The third-order valence-corrected chi connectivity index (χ3v) is 2.82. The number of rotatable bonds is 6. The van der Waals surface area contributed by atoms with Crippen molar-refractivity contribution in [3.8, 4) is 0 Å². The zero-order valence-corrected chi connectivity index (χ0v) is 9.90. The summed E-state index contributed by atoms with van der Waals surface area (Å²) >= 11 is 0. The van der Waals surface area contributed by atoms with E-state index in [0.717, 1.165) is 24.9 Å². The van der Waals surface area contributed by atoms with Crippen LogP contribution in [0.5, 0.6) is 0 Å². The summed E-state index contributed by atoms with van der Waals surface area (Å²) in [6.45, 7) is 1.98. The quantitative estimate of drug-likeness (QED) is 0.751. The summed E-state index contributed by atoms with van der Waals surface area (Å²) in [5.41, 5.74) is 0. The Morgan fingerprint density at radius 3 is 3.00 bits per heavy atom. The van der Waals surface area contributed by atoms with E-state index in [9.17, 15) is 0 Å². The first-order valence-electron chi connectivity index (χ1n) is 5.74. The topological polar surface area (TPSA) is 53.1 Å². The van der Waals surface area contributed by atoms with Crippen LogP contribution >= 0.6 is 0 Å². The Labute approximate surface area is 96.3 Å². The lowest BCUT2D eigenvalue weighted by atomic mass is 10.5. The van der Waals surface area contributed by atoms with Gasteiger partial charge in [0.25, 0.3) is 0 Å². The van der Waals surface area contributed by atoms with Gasteiger partial charge in [0, 0.05) is 32.4 Å². The molecular weight excluding hydrogens is 202 g/mol. The van der Waals surface area contributed by atoms with E-state index in [1.54, 1.807) is 6.20 Å². The van der Waals surface area contributed by atoms with Gasteiger partial charge >= 0.3 is 0 Å². The zero-order valence-electron chi connectivity index (χ0n) is 9.90. The Hall–Kier alpha value is -1.36. The fourth-order valence-electron chi connectivity index (χ4n) is 1.64. The molecule has 16 heavy (non-hydrogen) atoms. The van der Waals surface area contributed by atoms with Gasteiger partial charge in [-0.3, -0.25) is 0 Å². The first kappa shape index (κ1) is 11.1. The summed E-state index contributed by atoms with van der Waals surface area (Å²) in [5.74, 6) is 1.53. The minimum Gasteiger partial charge on any atom is -0.369 e. The molecule has 0 bridgehead atoms. The van der Waals surface area contributed by atoms with Crippen molar-refractivity contribution in [2.75, 3.05) is 37.8 Å². The van der Waals surface area contributed by atoms with Gasteiger partial charge in [0.2, 0.25) is 5.95 Å². The standard InChI is InChI=1S/C11H19N5/c1-12-11-14-6-5-10(15-11)13-7-8-16(2)9-3-4-9/h5-6,9H,3-4,7-8H2,1-2H3,(H2,12,13,14,15). The molecule has 0 saturated heterocycles. The van der Waals surface area contributed by atoms with Crippen LogP contribution in [0.2, 0.25) is 0 Å². The molecule has 0 aromatic carbocycles. The Morgan fingerprint density at radius 2 is 2.31 bits per heavy atom. The molecule has 2 N–H and O–H groups in total. The third-order valence-electron chi connectivity index (χ3n) is 2.82. The van der Waals surface area contributed by atoms with Crippen molar-refractivity contribution in [2.24, 2.45) is 0 Å². The first-order valence-corrected chi connectivity index (χ1v) is 5.74. The highest BCUT2D eigenvalue weighted by molar-refractivity contribution is 5.38. The molecule has 0 radical (unpaired) electrons. The van der Waals surface area contributed by atoms with Crippen LogP contribution in [0, 0.1) is 0 Å². The highest BCUT2D eigenvalue weighted by Gasteiger charge is 2.25. The van der Waals surface area contributed by atoms with Crippen LogP contribution in [0.15, 0.2) is 12.3 Å². The number of nitrogens with zero attached hydrogens (tertiary/aromatic N) is 3. The summed E-state index contributed by atoms with van der Waals surface area (Å²) in [7, 11) is 4.00. The van der Waals surface area contributed by atoms with Gasteiger partial charge in [-0.15, -0.1) is 0 Å². The summed E-state index contributed by atoms with van der Waals surface area (Å²) < 4.78 is 0. The monoisotopic (exact) mass is 221 g/mol. The van der Waals surface area contributed by atoms with E-state index in [-0.39, 0.29) is 0 Å². The number of aromatic nitrogens is 2. The molecule has 0 unspecified atom stereocenters. The highest BCUT2D eigenvalue weighted by Crippen LogP contribution is 2.24. The molecule has 1 aromatic heterocycles. The lowest BCUT2D eigenvalue weighted by Crippen LogP contribution is -2.27. The zero-order chi connectivity index (χ0) is 11.4. The predicted octanol–water partition coefficient (Wildman–Crippen LogP) is 1.02. The molecule has 2 rings (SSSR count). The molecule has 1 aliphatic rings. The molecule has 1 heterocycles. The van der Waals surface area contributed by atoms with Crippen LogP contribution < -0.4 is 10.6 Å². The molecule has 0 atom stereocenters. The normalized spacial score (nSPS) is 15.2. The van der Waals surface area contributed by atoms with Gasteiger partial charge in [0.15, 0.2) is 0 Å². The second-order valence-corrected chi connectivity index (χ2v) is 4.15. The fourth-order valence-corrected chi connectivity index (χ4v) is 1.64. The lowest BCUT2D eigenvalue weighted by molar-refractivity contribution is 0.337. The van der Waals surface area contributed by atoms with Gasteiger partial charge in [-0.25, -0.2) is 4.98 Å². The molecule has 0 aliphatic heterocycles. The van der Waals surface area contributed by atoms with Crippen molar-refractivity contribution in [1.29, 1.82) is 0 Å². The van der Waals surface area contributed by atoms with Gasteiger partial charge in [0.1, 0.15) is 5.82 Å². The van der Waals surface area contributed by atoms with Crippen LogP contribution in [-0.2, 0) is 0 Å². The van der Waals surface area contributed by atoms with E-state index in [4.69, 9.17) is 0 Å². The largest absolute Gasteiger partial charge is 0.369 e. The maximum atomic E-state index is 4.30. The second-order valence-electron chi connectivity index (χ2n) is 4.15. The van der Waals surface area contributed by atoms with Crippen molar-refractivity contribution < 1.29 is 0 Å². The smallest absolute Gasteiger partial charge is 0.224 e. The van der Waals surface area contributed by atoms with Crippen LogP contribution in [-0.4, -0.2) is 48.1 Å². The molecule has 1 aromatic rings. The molecule has 5 nitrogen and oxygen atoms in total. The average Bonchev–Trinajstić information content (AvgIpc) is 3.13. The summed E-state index contributed by atoms with van der Waals surface area (Å²) in [5, 5.41) is 6.22. The maximum absolute atomic E-state index is 4.30. The van der Waals surface area contributed by atoms with Crippen molar-refractivity contribution in [3.05, 3.63) is 12.3 Å². The van der Waals surface area contributed by atoms with E-state index in [2.05, 4.69) is 32.5 Å². The third kappa shape index (κ3) is 3.06. The number of anilines is 2. The highest BCUT2D eigenvalue weighted by atomic mass is 15.2. The van der Waals surface area contributed by atoms with Gasteiger partial charge in [0.05, 0.1) is 0 Å². The Morgan fingerprint density at radius 1 is 1.50 bits per heavy atom. The SMILES string of the molecule is CNc1nccc(NCCN(C)C2CC2)n1. The number of hydrogen-bond donors (Lipinski definition) is 2. The minimum atomic E-state index is 0.653. The molecule has 1 saturated carbocycles. The van der Waals surface area contributed by atoms with Crippen LogP contribution in [0.25, 0.3) is 0 Å². The summed E-state index contributed by atoms with van der Waals surface area (Å²) in [6, 6.07) is 2.71. The van der Waals surface area contributed by atoms with Crippen LogP contribution in [0.4, 0.5) is 11.8 Å². The van der Waals surface area contributed by atoms with Crippen LogP contribution in [0.3, 0.4) is 0 Å². The van der Waals surface area contributed by atoms with Gasteiger partial charge < -0.3 is 15.5 Å². The molecule has 0 spiro atoms. The number of nitrogens with one attached hydrogen (secondary N) is 2. The number of likely N-dealkylation sites (N-methyl/N-ethyl adjacent to an activating group) is 1. The Kier molecular flexibility index (Phi) is 3.56. The number of hydrogen-bond acceptors (Lipinski definition) is 5. The van der Waals surface area contributed by atoms with E-state index in [0.29, 0.717) is 5.95 Å². The van der Waals surface area contributed by atoms with E-state index in [1.165, 1.54) is 12.8 Å². The van der Waals surface area contributed by atoms with Crippen molar-refractivity contribution in [3.63, 3.8) is 0 Å². The van der Waals surface area contributed by atoms with Crippen molar-refractivity contribution in [1.82, 2.24) is 14.9 Å². The second kappa shape index (κ2) is 5.12. The summed E-state index contributed by atoms with van der Waals surface area (Å²) in [6.07, 6.45) is 4.47. The maximum Gasteiger partial charge on any atom is 0.224 e. The molecule has 0 amide bonds. The fraction of sp³-hybridized carbons (Fsp3) is 0.636. The minimum absolute atomic E-state index is 0.653. The molecule has 1 aliphatic carbocycles. The van der Waals surface area contributed by atoms with Crippen LogP contribution in [0.1, 0.15) is 12.8 Å². The summed E-state index contributed by atoms with van der Waals surface area (Å²) in [4.78, 5) is 10.8. The van der Waals surface area contributed by atoms with Crippen molar-refractivity contribution >= 4 is 11.8 Å². The molecular formula is C11H19N5. The first-order chi connectivity index (χ1) is 7.79. The van der Waals surface area contributed by atoms with E-state index < -0.39 is 0 Å². The van der Waals surface area contributed by atoms with Gasteiger partial charge in [-0.1, -0.05) is 0 Å². The van der Waals surface area contributed by atoms with E-state index >= 15 is 0 Å². The Balaban J connectivity index is 1.75. The molecule has 88 valence electrons. The molecule has 1 fully saturated rings. The molecule has 5 heteroatoms. The van der Waals surface area contributed by atoms with Crippen molar-refractivity contribution in [2.45, 2.75) is 18.9 Å². The Bertz CT molecular complexity index is 337.